The highest BCUT2D eigenvalue weighted by molar-refractivity contribution is 7.11. The van der Waals surface area contributed by atoms with Crippen LogP contribution in [0.2, 0.25) is 0 Å². The molecule has 3 rings (SSSR count). The molecule has 0 amide bonds. The molecular formula is C15H20N2S2. The lowest BCUT2D eigenvalue weighted by atomic mass is 10.1. The number of thiophene rings is 2. The maximum Gasteiger partial charge on any atom is 0.0793 e. The molecule has 1 N–H and O–H groups in total. The van der Waals surface area contributed by atoms with Gasteiger partial charge in [0.2, 0.25) is 0 Å². The minimum absolute atomic E-state index is 0.459. The molecule has 1 fully saturated rings. The first-order chi connectivity index (χ1) is 9.25. The zero-order chi connectivity index (χ0) is 13.2. The zero-order valence-electron chi connectivity index (χ0n) is 11.5. The van der Waals surface area contributed by atoms with E-state index in [9.17, 15) is 0 Å². The van der Waals surface area contributed by atoms with Crippen molar-refractivity contribution in [3.05, 3.63) is 43.8 Å². The first-order valence-corrected chi connectivity index (χ1v) is 8.55. The van der Waals surface area contributed by atoms with Gasteiger partial charge in [-0.05, 0) is 47.9 Å². The summed E-state index contributed by atoms with van der Waals surface area (Å²) in [5.41, 5.74) is 2.81. The Morgan fingerprint density at radius 3 is 2.58 bits per heavy atom. The highest BCUT2D eigenvalue weighted by atomic mass is 32.1. The molecule has 102 valence electrons. The van der Waals surface area contributed by atoms with Crippen molar-refractivity contribution in [3.63, 3.8) is 0 Å². The van der Waals surface area contributed by atoms with Crippen molar-refractivity contribution in [1.82, 2.24) is 10.2 Å². The molecule has 2 aromatic heterocycles. The third kappa shape index (κ3) is 2.77. The summed E-state index contributed by atoms with van der Waals surface area (Å²) in [5.74, 6) is 0. The highest BCUT2D eigenvalue weighted by Crippen LogP contribution is 2.37. The molecule has 0 aromatic carbocycles. The van der Waals surface area contributed by atoms with E-state index in [2.05, 4.69) is 47.0 Å². The van der Waals surface area contributed by atoms with Gasteiger partial charge in [-0.15, -0.1) is 22.7 Å². The average molecular weight is 292 g/mol. The molecule has 0 spiro atoms. The SMILES string of the molecule is Cc1csc(C(c2sccc2C)N2CCNCC2)c1. The Balaban J connectivity index is 1.97. The third-order valence-corrected chi connectivity index (χ3v) is 5.86. The van der Waals surface area contributed by atoms with E-state index in [1.165, 1.54) is 20.9 Å². The molecule has 3 heterocycles. The van der Waals surface area contributed by atoms with Gasteiger partial charge in [-0.1, -0.05) is 0 Å². The molecular weight excluding hydrogens is 272 g/mol. The number of nitrogens with zero attached hydrogens (tertiary/aromatic N) is 1. The fourth-order valence-corrected chi connectivity index (χ4v) is 4.87. The van der Waals surface area contributed by atoms with Gasteiger partial charge in [0.15, 0.2) is 0 Å². The summed E-state index contributed by atoms with van der Waals surface area (Å²) in [6.07, 6.45) is 0. The van der Waals surface area contributed by atoms with Crippen LogP contribution in [0.25, 0.3) is 0 Å². The van der Waals surface area contributed by atoms with Gasteiger partial charge in [-0.2, -0.15) is 0 Å². The fraction of sp³-hybridized carbons (Fsp3) is 0.467. The molecule has 1 saturated heterocycles. The van der Waals surface area contributed by atoms with Crippen molar-refractivity contribution >= 4 is 22.7 Å². The Morgan fingerprint density at radius 2 is 2.00 bits per heavy atom. The lowest BCUT2D eigenvalue weighted by molar-refractivity contribution is 0.202. The minimum Gasteiger partial charge on any atom is -0.314 e. The fourth-order valence-electron chi connectivity index (χ4n) is 2.68. The van der Waals surface area contributed by atoms with Crippen LogP contribution in [0.1, 0.15) is 26.9 Å². The standard InChI is InChI=1S/C15H20N2S2/c1-11-9-13(19-10-11)14(15-12(2)3-8-18-15)17-6-4-16-5-7-17/h3,8-10,14,16H,4-7H2,1-2H3. The molecule has 0 saturated carbocycles. The molecule has 2 aromatic rings. The van der Waals surface area contributed by atoms with Gasteiger partial charge >= 0.3 is 0 Å². The van der Waals surface area contributed by atoms with E-state index in [0.29, 0.717) is 6.04 Å². The summed E-state index contributed by atoms with van der Waals surface area (Å²) in [5, 5.41) is 7.95. The molecule has 0 radical (unpaired) electrons. The minimum atomic E-state index is 0.459. The summed E-state index contributed by atoms with van der Waals surface area (Å²) < 4.78 is 0. The molecule has 4 heteroatoms. The number of hydrogen-bond acceptors (Lipinski definition) is 4. The summed E-state index contributed by atoms with van der Waals surface area (Å²) in [4.78, 5) is 5.63. The molecule has 1 aliphatic rings. The van der Waals surface area contributed by atoms with Crippen LogP contribution in [0.3, 0.4) is 0 Å². The number of piperazine rings is 1. The Hall–Kier alpha value is -0.680. The van der Waals surface area contributed by atoms with Gasteiger partial charge < -0.3 is 5.32 Å². The summed E-state index contributed by atoms with van der Waals surface area (Å²) >= 11 is 3.80. The Bertz CT molecular complexity index is 538. The van der Waals surface area contributed by atoms with Crippen LogP contribution in [-0.4, -0.2) is 31.1 Å². The smallest absolute Gasteiger partial charge is 0.0793 e. The molecule has 0 bridgehead atoms. The predicted octanol–water partition coefficient (Wildman–Crippen LogP) is 3.42. The highest BCUT2D eigenvalue weighted by Gasteiger charge is 2.26. The van der Waals surface area contributed by atoms with Crippen molar-refractivity contribution < 1.29 is 0 Å². The summed E-state index contributed by atoms with van der Waals surface area (Å²) in [6.45, 7) is 8.91. The maximum absolute atomic E-state index is 3.45. The average Bonchev–Trinajstić information content (AvgIpc) is 3.02. The van der Waals surface area contributed by atoms with Crippen LogP contribution >= 0.6 is 22.7 Å². The van der Waals surface area contributed by atoms with Gasteiger partial charge in [0.05, 0.1) is 6.04 Å². The topological polar surface area (TPSA) is 15.3 Å². The molecule has 1 unspecified atom stereocenters. The molecule has 2 nitrogen and oxygen atoms in total. The largest absolute Gasteiger partial charge is 0.314 e. The molecule has 1 aliphatic heterocycles. The van der Waals surface area contributed by atoms with Crippen molar-refractivity contribution in [2.24, 2.45) is 0 Å². The predicted molar refractivity (Wildman–Crippen MR) is 84.4 cm³/mol. The van der Waals surface area contributed by atoms with Gasteiger partial charge in [0.1, 0.15) is 0 Å². The Kier molecular flexibility index (Phi) is 4.03. The van der Waals surface area contributed by atoms with E-state index in [0.717, 1.165) is 26.2 Å². The molecule has 0 aliphatic carbocycles. The summed E-state index contributed by atoms with van der Waals surface area (Å²) in [6, 6.07) is 5.06. The first kappa shape index (κ1) is 13.3. The number of rotatable bonds is 3. The maximum atomic E-state index is 3.45. The Labute approximate surface area is 123 Å². The van der Waals surface area contributed by atoms with E-state index in [1.54, 1.807) is 0 Å². The van der Waals surface area contributed by atoms with Crippen molar-refractivity contribution in [1.29, 1.82) is 0 Å². The zero-order valence-corrected chi connectivity index (χ0v) is 13.1. The lowest BCUT2D eigenvalue weighted by Crippen LogP contribution is -2.45. The van der Waals surface area contributed by atoms with Gasteiger partial charge in [-0.25, -0.2) is 0 Å². The number of hydrogen-bond donors (Lipinski definition) is 1. The van der Waals surface area contributed by atoms with Crippen molar-refractivity contribution in [3.8, 4) is 0 Å². The van der Waals surface area contributed by atoms with E-state index >= 15 is 0 Å². The number of nitrogens with one attached hydrogen (secondary N) is 1. The Morgan fingerprint density at radius 1 is 1.21 bits per heavy atom. The van der Waals surface area contributed by atoms with Crippen molar-refractivity contribution in [2.75, 3.05) is 26.2 Å². The van der Waals surface area contributed by atoms with Gasteiger partial charge in [-0.3, -0.25) is 4.90 Å². The molecule has 1 atom stereocenters. The van der Waals surface area contributed by atoms with E-state index in [1.807, 2.05) is 22.7 Å². The van der Waals surface area contributed by atoms with E-state index in [-0.39, 0.29) is 0 Å². The second kappa shape index (κ2) is 5.75. The third-order valence-electron chi connectivity index (χ3n) is 3.69. The van der Waals surface area contributed by atoms with E-state index in [4.69, 9.17) is 0 Å². The first-order valence-electron chi connectivity index (χ1n) is 6.79. The van der Waals surface area contributed by atoms with Gasteiger partial charge in [0, 0.05) is 35.9 Å². The van der Waals surface area contributed by atoms with Crippen LogP contribution in [0, 0.1) is 13.8 Å². The number of aryl methyl sites for hydroxylation is 2. The van der Waals surface area contributed by atoms with Crippen LogP contribution in [0.4, 0.5) is 0 Å². The van der Waals surface area contributed by atoms with Crippen molar-refractivity contribution in [2.45, 2.75) is 19.9 Å². The molecule has 19 heavy (non-hydrogen) atoms. The van der Waals surface area contributed by atoms with Crippen LogP contribution < -0.4 is 5.32 Å². The summed E-state index contributed by atoms with van der Waals surface area (Å²) in [7, 11) is 0. The quantitative estimate of drug-likeness (QED) is 0.932. The second-order valence-electron chi connectivity index (χ2n) is 5.18. The van der Waals surface area contributed by atoms with E-state index < -0.39 is 0 Å². The van der Waals surface area contributed by atoms with Gasteiger partial charge in [0.25, 0.3) is 0 Å². The van der Waals surface area contributed by atoms with Crippen LogP contribution in [0.15, 0.2) is 22.9 Å². The monoisotopic (exact) mass is 292 g/mol. The lowest BCUT2D eigenvalue weighted by Gasteiger charge is -2.34. The second-order valence-corrected chi connectivity index (χ2v) is 7.07. The van der Waals surface area contributed by atoms with Crippen LogP contribution in [0.5, 0.6) is 0 Å². The van der Waals surface area contributed by atoms with Crippen LogP contribution in [-0.2, 0) is 0 Å². The normalized spacial score (nSPS) is 18.6.